The van der Waals surface area contributed by atoms with Crippen LogP contribution >= 0.6 is 11.8 Å². The molecule has 3 amide bonds. The van der Waals surface area contributed by atoms with Gasteiger partial charge in [-0.15, -0.1) is 10.2 Å². The highest BCUT2D eigenvalue weighted by Gasteiger charge is 2.27. The molecule has 0 bridgehead atoms. The third-order valence-electron chi connectivity index (χ3n) is 3.66. The average molecular weight is 361 g/mol. The molecular formula is C17H23N5O2S. The van der Waals surface area contributed by atoms with Crippen LogP contribution in [0.3, 0.4) is 0 Å². The minimum absolute atomic E-state index is 0.00364. The molecular weight excluding hydrogens is 338 g/mol. The highest BCUT2D eigenvalue weighted by Crippen LogP contribution is 2.28. The van der Waals surface area contributed by atoms with Crippen molar-refractivity contribution in [2.24, 2.45) is 11.7 Å². The fourth-order valence-corrected chi connectivity index (χ4v) is 3.55. The summed E-state index contributed by atoms with van der Waals surface area (Å²) < 4.78 is 1.99. The minimum atomic E-state index is -0.849. The standard InChI is InChI=1S/C17H23N5O2S/c1-4-22-13(10-12-8-6-5-7-9-12)20-21-17(22)25-14(11(2)3)15(23)19-16(18)24/h5-9,11,14H,4,10H2,1-3H3,(H3,18,19,23,24)/t14-/m0/s1. The summed E-state index contributed by atoms with van der Waals surface area (Å²) in [6.07, 6.45) is 0.669. The van der Waals surface area contributed by atoms with Gasteiger partial charge in [-0.1, -0.05) is 55.9 Å². The van der Waals surface area contributed by atoms with Crippen molar-refractivity contribution in [3.63, 3.8) is 0 Å². The number of thioether (sulfide) groups is 1. The highest BCUT2D eigenvalue weighted by molar-refractivity contribution is 8.00. The van der Waals surface area contributed by atoms with E-state index < -0.39 is 17.2 Å². The van der Waals surface area contributed by atoms with Gasteiger partial charge < -0.3 is 10.3 Å². The lowest BCUT2D eigenvalue weighted by molar-refractivity contribution is -0.120. The summed E-state index contributed by atoms with van der Waals surface area (Å²) in [7, 11) is 0. The minimum Gasteiger partial charge on any atom is -0.351 e. The lowest BCUT2D eigenvalue weighted by Gasteiger charge is -2.18. The number of nitrogens with one attached hydrogen (secondary N) is 1. The van der Waals surface area contributed by atoms with Crippen LogP contribution in [0, 0.1) is 5.92 Å². The number of urea groups is 1. The largest absolute Gasteiger partial charge is 0.351 e. The Balaban J connectivity index is 2.20. The molecule has 1 heterocycles. The SMILES string of the molecule is CCn1c(Cc2ccccc2)nnc1S[C@H](C(=O)NC(N)=O)C(C)C. The number of primary amides is 1. The summed E-state index contributed by atoms with van der Waals surface area (Å²) in [6.45, 7) is 6.53. The van der Waals surface area contributed by atoms with E-state index in [0.29, 0.717) is 18.1 Å². The molecule has 25 heavy (non-hydrogen) atoms. The zero-order chi connectivity index (χ0) is 18.4. The van der Waals surface area contributed by atoms with Crippen LogP contribution in [-0.4, -0.2) is 32.0 Å². The van der Waals surface area contributed by atoms with Crippen molar-refractivity contribution in [1.29, 1.82) is 0 Å². The fourth-order valence-electron chi connectivity index (χ4n) is 2.43. The predicted molar refractivity (Wildman–Crippen MR) is 97.2 cm³/mol. The third-order valence-corrected chi connectivity index (χ3v) is 5.18. The number of rotatable bonds is 7. The summed E-state index contributed by atoms with van der Waals surface area (Å²) in [5.74, 6) is 0.431. The summed E-state index contributed by atoms with van der Waals surface area (Å²) >= 11 is 1.30. The van der Waals surface area contributed by atoms with Crippen molar-refractivity contribution in [2.45, 2.75) is 44.1 Å². The van der Waals surface area contributed by atoms with E-state index in [9.17, 15) is 9.59 Å². The van der Waals surface area contributed by atoms with E-state index in [2.05, 4.69) is 15.5 Å². The van der Waals surface area contributed by atoms with Crippen LogP contribution in [-0.2, 0) is 17.8 Å². The van der Waals surface area contributed by atoms with E-state index in [1.165, 1.54) is 11.8 Å². The molecule has 1 aromatic carbocycles. The Morgan fingerprint density at radius 2 is 1.92 bits per heavy atom. The molecule has 2 aromatic rings. The Kier molecular flexibility index (Phi) is 6.58. The number of carbonyl (C=O) groups is 2. The Hall–Kier alpha value is -2.35. The van der Waals surface area contributed by atoms with E-state index in [-0.39, 0.29) is 5.92 Å². The maximum absolute atomic E-state index is 12.2. The number of carbonyl (C=O) groups excluding carboxylic acids is 2. The molecule has 0 unspecified atom stereocenters. The first kappa shape index (κ1) is 19.0. The molecule has 0 aliphatic rings. The predicted octanol–water partition coefficient (Wildman–Crippen LogP) is 2.20. The molecule has 0 fully saturated rings. The van der Waals surface area contributed by atoms with Gasteiger partial charge in [0.15, 0.2) is 5.16 Å². The number of benzene rings is 1. The lowest BCUT2D eigenvalue weighted by atomic mass is 10.1. The van der Waals surface area contributed by atoms with E-state index in [0.717, 1.165) is 11.4 Å². The summed E-state index contributed by atoms with van der Waals surface area (Å²) in [6, 6.07) is 9.18. The van der Waals surface area contributed by atoms with Crippen molar-refractivity contribution in [3.8, 4) is 0 Å². The average Bonchev–Trinajstić information content (AvgIpc) is 2.94. The zero-order valence-corrected chi connectivity index (χ0v) is 15.4. The van der Waals surface area contributed by atoms with Gasteiger partial charge in [0.25, 0.3) is 0 Å². The van der Waals surface area contributed by atoms with Crippen molar-refractivity contribution in [1.82, 2.24) is 20.1 Å². The molecule has 0 saturated carbocycles. The Bertz CT molecular complexity index is 730. The number of nitrogens with zero attached hydrogens (tertiary/aromatic N) is 3. The van der Waals surface area contributed by atoms with E-state index >= 15 is 0 Å². The number of nitrogens with two attached hydrogens (primary N) is 1. The monoisotopic (exact) mass is 361 g/mol. The molecule has 0 radical (unpaired) electrons. The molecule has 3 N–H and O–H groups in total. The van der Waals surface area contributed by atoms with Gasteiger partial charge in [-0.25, -0.2) is 4.79 Å². The van der Waals surface area contributed by atoms with Crippen LogP contribution in [0.1, 0.15) is 32.2 Å². The Morgan fingerprint density at radius 3 is 2.48 bits per heavy atom. The van der Waals surface area contributed by atoms with Crippen LogP contribution in [0.15, 0.2) is 35.5 Å². The van der Waals surface area contributed by atoms with Gasteiger partial charge >= 0.3 is 6.03 Å². The number of aromatic nitrogens is 3. The van der Waals surface area contributed by atoms with E-state index in [1.807, 2.05) is 55.7 Å². The molecule has 2 rings (SSSR count). The maximum Gasteiger partial charge on any atom is 0.318 e. The summed E-state index contributed by atoms with van der Waals surface area (Å²) in [4.78, 5) is 23.2. The van der Waals surface area contributed by atoms with Gasteiger partial charge in [0, 0.05) is 13.0 Å². The quantitative estimate of drug-likeness (QED) is 0.736. The van der Waals surface area contributed by atoms with Crippen molar-refractivity contribution < 1.29 is 9.59 Å². The number of imide groups is 1. The topological polar surface area (TPSA) is 103 Å². The molecule has 0 saturated heterocycles. The van der Waals surface area contributed by atoms with Crippen molar-refractivity contribution in [3.05, 3.63) is 41.7 Å². The van der Waals surface area contributed by atoms with Gasteiger partial charge in [0.05, 0.1) is 5.25 Å². The first-order valence-electron chi connectivity index (χ1n) is 8.15. The van der Waals surface area contributed by atoms with Crippen LogP contribution in [0.2, 0.25) is 0 Å². The molecule has 7 nitrogen and oxygen atoms in total. The highest BCUT2D eigenvalue weighted by atomic mass is 32.2. The van der Waals surface area contributed by atoms with Gasteiger partial charge in [-0.2, -0.15) is 0 Å². The smallest absolute Gasteiger partial charge is 0.318 e. The fraction of sp³-hybridized carbons (Fsp3) is 0.412. The first-order valence-corrected chi connectivity index (χ1v) is 9.03. The molecule has 8 heteroatoms. The van der Waals surface area contributed by atoms with Crippen molar-refractivity contribution >= 4 is 23.7 Å². The first-order chi connectivity index (χ1) is 11.9. The maximum atomic E-state index is 12.2. The van der Waals surface area contributed by atoms with Crippen molar-refractivity contribution in [2.75, 3.05) is 0 Å². The van der Waals surface area contributed by atoms with Crippen LogP contribution < -0.4 is 11.1 Å². The van der Waals surface area contributed by atoms with E-state index in [1.54, 1.807) is 0 Å². The second-order valence-electron chi connectivity index (χ2n) is 5.94. The number of amides is 3. The molecule has 0 aliphatic carbocycles. The normalized spacial score (nSPS) is 12.2. The molecule has 1 aromatic heterocycles. The number of hydrogen-bond acceptors (Lipinski definition) is 5. The van der Waals surface area contributed by atoms with Crippen LogP contribution in [0.5, 0.6) is 0 Å². The zero-order valence-electron chi connectivity index (χ0n) is 14.6. The second kappa shape index (κ2) is 8.66. The van der Waals surface area contributed by atoms with Crippen LogP contribution in [0.4, 0.5) is 4.79 Å². The molecule has 0 spiro atoms. The second-order valence-corrected chi connectivity index (χ2v) is 7.05. The van der Waals surface area contributed by atoms with Gasteiger partial charge in [0.1, 0.15) is 5.82 Å². The van der Waals surface area contributed by atoms with E-state index in [4.69, 9.17) is 5.73 Å². The summed E-state index contributed by atoms with van der Waals surface area (Å²) in [5.41, 5.74) is 6.20. The molecule has 0 aliphatic heterocycles. The summed E-state index contributed by atoms with van der Waals surface area (Å²) in [5, 5.41) is 10.9. The van der Waals surface area contributed by atoms with Gasteiger partial charge in [-0.05, 0) is 18.4 Å². The van der Waals surface area contributed by atoms with Gasteiger partial charge in [-0.3, -0.25) is 10.1 Å². The van der Waals surface area contributed by atoms with Gasteiger partial charge in [0.2, 0.25) is 5.91 Å². The molecule has 134 valence electrons. The Labute approximate surface area is 151 Å². The third kappa shape index (κ3) is 5.06. The number of hydrogen-bond donors (Lipinski definition) is 2. The Morgan fingerprint density at radius 1 is 1.24 bits per heavy atom. The molecule has 1 atom stereocenters. The lowest BCUT2D eigenvalue weighted by Crippen LogP contribution is -2.42. The van der Waals surface area contributed by atoms with Crippen LogP contribution in [0.25, 0.3) is 0 Å².